The molecule has 2 amide bonds. The van der Waals surface area contributed by atoms with Crippen molar-refractivity contribution < 1.29 is 17.4 Å². The normalized spacial score (nSPS) is 12.0. The summed E-state index contributed by atoms with van der Waals surface area (Å²) in [6.07, 6.45) is 3.70. The van der Waals surface area contributed by atoms with Gasteiger partial charge in [-0.15, -0.1) is 0 Å². The fourth-order valence-electron chi connectivity index (χ4n) is 2.98. The lowest BCUT2D eigenvalue weighted by Crippen LogP contribution is -2.36. The van der Waals surface area contributed by atoms with Crippen LogP contribution >= 0.6 is 0 Å². The monoisotopic (exact) mass is 412 g/mol. The van der Waals surface area contributed by atoms with Gasteiger partial charge in [-0.2, -0.15) is 8.42 Å². The lowest BCUT2D eigenvalue weighted by Gasteiger charge is -2.20. The number of anilines is 1. The SMILES string of the molecule is CC(C)CCCCCOS(=O)(=O)NC(=O)Nc1c(C(C)C)cccc1C(C)C. The molecule has 0 aliphatic heterocycles. The summed E-state index contributed by atoms with van der Waals surface area (Å²) in [6.45, 7) is 12.5. The van der Waals surface area contributed by atoms with Gasteiger partial charge < -0.3 is 5.32 Å². The first-order valence-corrected chi connectivity index (χ1v) is 11.5. The fraction of sp³-hybridized carbons (Fsp3) is 0.667. The van der Waals surface area contributed by atoms with Crippen LogP contribution in [0.1, 0.15) is 90.2 Å². The zero-order valence-corrected chi connectivity index (χ0v) is 18.9. The number of unbranched alkanes of at least 4 members (excludes halogenated alkanes) is 2. The molecule has 0 heterocycles. The Morgan fingerprint density at radius 3 is 2.04 bits per heavy atom. The first-order chi connectivity index (χ1) is 13.0. The Kier molecular flexibility index (Phi) is 9.96. The standard InChI is InChI=1S/C21H36N2O4S/c1-15(2)11-8-7-9-14-27-28(25,26)23-21(24)22-20-18(16(3)4)12-10-13-19(20)17(5)6/h10,12-13,15-17H,7-9,11,14H2,1-6H3,(H2,22,23,24). The number of nitrogens with one attached hydrogen (secondary N) is 2. The maximum Gasteiger partial charge on any atom is 0.363 e. The smallest absolute Gasteiger partial charge is 0.307 e. The van der Waals surface area contributed by atoms with Gasteiger partial charge in [-0.3, -0.25) is 4.18 Å². The van der Waals surface area contributed by atoms with Gasteiger partial charge in [-0.05, 0) is 35.3 Å². The second-order valence-corrected chi connectivity index (χ2v) is 9.54. The summed E-state index contributed by atoms with van der Waals surface area (Å²) < 4.78 is 30.9. The van der Waals surface area contributed by atoms with E-state index < -0.39 is 16.3 Å². The predicted molar refractivity (Wildman–Crippen MR) is 115 cm³/mol. The number of benzene rings is 1. The molecule has 2 N–H and O–H groups in total. The molecule has 7 heteroatoms. The molecule has 0 aliphatic rings. The molecule has 0 aromatic heterocycles. The van der Waals surface area contributed by atoms with E-state index in [1.165, 1.54) is 0 Å². The van der Waals surface area contributed by atoms with Gasteiger partial charge in [-0.1, -0.05) is 79.0 Å². The van der Waals surface area contributed by atoms with E-state index in [1.54, 1.807) is 0 Å². The first kappa shape index (κ1) is 24.4. The third kappa shape index (κ3) is 8.61. The van der Waals surface area contributed by atoms with Gasteiger partial charge in [0, 0.05) is 5.69 Å². The molecule has 28 heavy (non-hydrogen) atoms. The number of carbonyl (C=O) groups is 1. The van der Waals surface area contributed by atoms with E-state index in [9.17, 15) is 13.2 Å². The Morgan fingerprint density at radius 2 is 1.54 bits per heavy atom. The van der Waals surface area contributed by atoms with Crippen molar-refractivity contribution in [3.8, 4) is 0 Å². The molecule has 0 radical (unpaired) electrons. The highest BCUT2D eigenvalue weighted by atomic mass is 32.2. The van der Waals surface area contributed by atoms with Crippen molar-refractivity contribution in [1.29, 1.82) is 0 Å². The molecular formula is C21H36N2O4S. The Morgan fingerprint density at radius 1 is 0.964 bits per heavy atom. The van der Waals surface area contributed by atoms with Crippen molar-refractivity contribution in [1.82, 2.24) is 4.72 Å². The van der Waals surface area contributed by atoms with Crippen LogP contribution < -0.4 is 10.0 Å². The van der Waals surface area contributed by atoms with Crippen LogP contribution in [0.5, 0.6) is 0 Å². The van der Waals surface area contributed by atoms with Crippen molar-refractivity contribution in [2.75, 3.05) is 11.9 Å². The highest BCUT2D eigenvalue weighted by Gasteiger charge is 2.19. The highest BCUT2D eigenvalue weighted by molar-refractivity contribution is 7.85. The molecule has 160 valence electrons. The zero-order chi connectivity index (χ0) is 21.3. The van der Waals surface area contributed by atoms with Crippen LogP contribution in [0.4, 0.5) is 10.5 Å². The average Bonchev–Trinajstić information content (AvgIpc) is 2.56. The van der Waals surface area contributed by atoms with E-state index >= 15 is 0 Å². The van der Waals surface area contributed by atoms with E-state index in [0.29, 0.717) is 18.0 Å². The van der Waals surface area contributed by atoms with E-state index in [2.05, 4.69) is 19.2 Å². The molecule has 0 spiro atoms. The van der Waals surface area contributed by atoms with E-state index in [1.807, 2.05) is 50.6 Å². The molecule has 1 aromatic carbocycles. The molecule has 0 fully saturated rings. The number of urea groups is 1. The Balaban J connectivity index is 2.66. The summed E-state index contributed by atoms with van der Waals surface area (Å²) in [4.78, 5) is 12.3. The van der Waals surface area contributed by atoms with Crippen LogP contribution in [-0.2, 0) is 14.5 Å². The van der Waals surface area contributed by atoms with Gasteiger partial charge in [0.05, 0.1) is 6.61 Å². The zero-order valence-electron chi connectivity index (χ0n) is 18.0. The summed E-state index contributed by atoms with van der Waals surface area (Å²) in [5, 5.41) is 2.71. The minimum atomic E-state index is -4.13. The Labute approximate surface area is 170 Å². The number of para-hydroxylation sites is 1. The topological polar surface area (TPSA) is 84.5 Å². The van der Waals surface area contributed by atoms with Gasteiger partial charge >= 0.3 is 16.3 Å². The number of rotatable bonds is 11. The lowest BCUT2D eigenvalue weighted by molar-refractivity contribution is 0.252. The van der Waals surface area contributed by atoms with Gasteiger partial charge in [0.25, 0.3) is 0 Å². The summed E-state index contributed by atoms with van der Waals surface area (Å²) in [5.41, 5.74) is 2.59. The molecule has 0 aliphatic carbocycles. The number of hydrogen-bond donors (Lipinski definition) is 2. The van der Waals surface area contributed by atoms with Crippen LogP contribution in [0, 0.1) is 5.92 Å². The lowest BCUT2D eigenvalue weighted by atomic mass is 9.93. The van der Waals surface area contributed by atoms with E-state index in [-0.39, 0.29) is 18.4 Å². The van der Waals surface area contributed by atoms with Crippen molar-refractivity contribution in [2.45, 2.75) is 79.1 Å². The summed E-state index contributed by atoms with van der Waals surface area (Å²) in [5.74, 6) is 1.01. The third-order valence-electron chi connectivity index (χ3n) is 4.49. The maximum absolute atomic E-state index is 12.3. The third-order valence-corrected chi connectivity index (χ3v) is 5.41. The molecule has 0 saturated carbocycles. The second kappa shape index (κ2) is 11.4. The van der Waals surface area contributed by atoms with Crippen LogP contribution in [0.15, 0.2) is 18.2 Å². The summed E-state index contributed by atoms with van der Waals surface area (Å²) in [7, 11) is -4.13. The predicted octanol–water partition coefficient (Wildman–Crippen LogP) is 5.53. The van der Waals surface area contributed by atoms with Crippen LogP contribution in [0.2, 0.25) is 0 Å². The summed E-state index contributed by atoms with van der Waals surface area (Å²) >= 11 is 0. The highest BCUT2D eigenvalue weighted by Crippen LogP contribution is 2.32. The van der Waals surface area contributed by atoms with Crippen molar-refractivity contribution in [3.05, 3.63) is 29.3 Å². The number of hydrogen-bond acceptors (Lipinski definition) is 4. The van der Waals surface area contributed by atoms with Crippen LogP contribution in [0.25, 0.3) is 0 Å². The molecule has 0 unspecified atom stereocenters. The minimum absolute atomic E-state index is 0.0700. The molecule has 0 bridgehead atoms. The first-order valence-electron chi connectivity index (χ1n) is 10.1. The van der Waals surface area contributed by atoms with Crippen LogP contribution in [-0.4, -0.2) is 21.1 Å². The fourth-order valence-corrected chi connectivity index (χ4v) is 3.65. The molecule has 0 saturated heterocycles. The quantitative estimate of drug-likeness (QED) is 0.468. The number of carbonyl (C=O) groups excluding carboxylic acids is 1. The molecule has 1 aromatic rings. The number of amides is 2. The molecular weight excluding hydrogens is 376 g/mol. The summed E-state index contributed by atoms with van der Waals surface area (Å²) in [6, 6.07) is 5.02. The molecule has 0 atom stereocenters. The van der Waals surface area contributed by atoms with Gasteiger partial charge in [0.2, 0.25) is 0 Å². The van der Waals surface area contributed by atoms with Crippen molar-refractivity contribution >= 4 is 22.0 Å². The van der Waals surface area contributed by atoms with Gasteiger partial charge in [-0.25, -0.2) is 9.52 Å². The van der Waals surface area contributed by atoms with E-state index in [0.717, 1.165) is 30.4 Å². The van der Waals surface area contributed by atoms with E-state index in [4.69, 9.17) is 4.18 Å². The minimum Gasteiger partial charge on any atom is -0.307 e. The second-order valence-electron chi connectivity index (χ2n) is 8.20. The van der Waals surface area contributed by atoms with Gasteiger partial charge in [0.1, 0.15) is 0 Å². The van der Waals surface area contributed by atoms with Gasteiger partial charge in [0.15, 0.2) is 0 Å². The molecule has 1 rings (SSSR count). The van der Waals surface area contributed by atoms with Crippen molar-refractivity contribution in [3.63, 3.8) is 0 Å². The maximum atomic E-state index is 12.3. The Bertz CT molecular complexity index is 702. The van der Waals surface area contributed by atoms with Crippen molar-refractivity contribution in [2.24, 2.45) is 5.92 Å². The largest absolute Gasteiger partial charge is 0.363 e. The Hall–Kier alpha value is -1.60. The average molecular weight is 413 g/mol. The van der Waals surface area contributed by atoms with Crippen LogP contribution in [0.3, 0.4) is 0 Å². The molecule has 6 nitrogen and oxygen atoms in total.